The first kappa shape index (κ1) is 17.6. The third kappa shape index (κ3) is 3.72. The van der Waals surface area contributed by atoms with Gasteiger partial charge in [-0.05, 0) is 50.2 Å². The molecule has 8 heteroatoms. The number of benzene rings is 1. The van der Waals surface area contributed by atoms with E-state index in [0.29, 0.717) is 28.8 Å². The number of carbonyl (C=O) groups is 1. The molecule has 5 nitrogen and oxygen atoms in total. The molecule has 130 valence electrons. The number of hydrogen-bond acceptors (Lipinski definition) is 4. The van der Waals surface area contributed by atoms with Gasteiger partial charge in [-0.15, -0.1) is 16.4 Å². The van der Waals surface area contributed by atoms with Crippen molar-refractivity contribution in [3.63, 3.8) is 0 Å². The van der Waals surface area contributed by atoms with E-state index in [4.69, 9.17) is 11.6 Å². The van der Waals surface area contributed by atoms with Crippen LogP contribution in [-0.4, -0.2) is 32.3 Å². The van der Waals surface area contributed by atoms with Gasteiger partial charge in [-0.2, -0.15) is 0 Å². The summed E-state index contributed by atoms with van der Waals surface area (Å²) in [5, 5.41) is 8.08. The van der Waals surface area contributed by atoms with E-state index in [9.17, 15) is 9.18 Å². The van der Waals surface area contributed by atoms with Crippen molar-refractivity contribution >= 4 is 28.8 Å². The fourth-order valence-corrected chi connectivity index (χ4v) is 3.56. The average molecular weight is 379 g/mol. The SMILES string of the molecule is CCN(Cc1ccc(Cl)s1)C(=O)c1nnn(-c2ccc(F)cc2)c1C. The maximum atomic E-state index is 13.1. The molecule has 2 heterocycles. The molecule has 0 saturated carbocycles. The summed E-state index contributed by atoms with van der Waals surface area (Å²) in [6.45, 7) is 4.69. The van der Waals surface area contributed by atoms with E-state index in [-0.39, 0.29) is 17.4 Å². The monoisotopic (exact) mass is 378 g/mol. The molecule has 0 radical (unpaired) electrons. The lowest BCUT2D eigenvalue weighted by Crippen LogP contribution is -2.30. The highest BCUT2D eigenvalue weighted by atomic mass is 35.5. The van der Waals surface area contributed by atoms with Crippen molar-refractivity contribution in [2.75, 3.05) is 6.54 Å². The zero-order chi connectivity index (χ0) is 18.0. The van der Waals surface area contributed by atoms with Crippen LogP contribution in [0, 0.1) is 12.7 Å². The summed E-state index contributed by atoms with van der Waals surface area (Å²) >= 11 is 7.40. The summed E-state index contributed by atoms with van der Waals surface area (Å²) < 4.78 is 15.3. The molecule has 3 rings (SSSR count). The van der Waals surface area contributed by atoms with E-state index < -0.39 is 0 Å². The molecule has 0 spiro atoms. The Morgan fingerprint density at radius 2 is 2.00 bits per heavy atom. The Kier molecular flexibility index (Phi) is 5.15. The molecule has 0 saturated heterocycles. The molecule has 25 heavy (non-hydrogen) atoms. The number of halogens is 2. The molecule has 0 fully saturated rings. The Balaban J connectivity index is 1.85. The zero-order valence-electron chi connectivity index (χ0n) is 13.7. The third-order valence-electron chi connectivity index (χ3n) is 3.81. The predicted octanol–water partition coefficient (Wildman–Crippen LogP) is 4.09. The molecule has 1 amide bonds. The number of thiophene rings is 1. The van der Waals surface area contributed by atoms with Crippen LogP contribution in [0.2, 0.25) is 4.34 Å². The van der Waals surface area contributed by atoms with Gasteiger partial charge in [0.25, 0.3) is 5.91 Å². The second kappa shape index (κ2) is 7.33. The van der Waals surface area contributed by atoms with E-state index in [1.54, 1.807) is 24.0 Å². The van der Waals surface area contributed by atoms with Gasteiger partial charge in [0.1, 0.15) is 5.82 Å². The molecular formula is C17H16ClFN4OS. The highest BCUT2D eigenvalue weighted by Gasteiger charge is 2.22. The lowest BCUT2D eigenvalue weighted by molar-refractivity contribution is 0.0747. The van der Waals surface area contributed by atoms with Gasteiger partial charge in [0, 0.05) is 11.4 Å². The van der Waals surface area contributed by atoms with Crippen LogP contribution in [0.5, 0.6) is 0 Å². The van der Waals surface area contributed by atoms with Crippen molar-refractivity contribution in [2.45, 2.75) is 20.4 Å². The molecule has 0 aliphatic heterocycles. The minimum absolute atomic E-state index is 0.196. The van der Waals surface area contributed by atoms with Gasteiger partial charge >= 0.3 is 0 Å². The molecule has 0 bridgehead atoms. The normalized spacial score (nSPS) is 10.9. The standard InChI is InChI=1S/C17H16ClFN4OS/c1-3-22(10-14-8-9-15(18)25-14)17(24)16-11(2)23(21-20-16)13-6-4-12(19)5-7-13/h4-9H,3,10H2,1-2H3. The maximum absolute atomic E-state index is 13.1. The summed E-state index contributed by atoms with van der Waals surface area (Å²) in [5.41, 5.74) is 1.55. The molecule has 0 atom stereocenters. The number of carbonyl (C=O) groups excluding carboxylic acids is 1. The van der Waals surface area contributed by atoms with Crippen molar-refractivity contribution in [1.82, 2.24) is 19.9 Å². The first-order chi connectivity index (χ1) is 12.0. The van der Waals surface area contributed by atoms with Crippen molar-refractivity contribution in [3.8, 4) is 5.69 Å². The Hall–Kier alpha value is -2.25. The Labute approximate surface area is 153 Å². The lowest BCUT2D eigenvalue weighted by atomic mass is 10.2. The van der Waals surface area contributed by atoms with Gasteiger partial charge in [0.05, 0.1) is 22.3 Å². The number of rotatable bonds is 5. The van der Waals surface area contributed by atoms with Gasteiger partial charge in [0.15, 0.2) is 5.69 Å². The minimum atomic E-state index is -0.329. The number of aromatic nitrogens is 3. The zero-order valence-corrected chi connectivity index (χ0v) is 15.3. The highest BCUT2D eigenvalue weighted by Crippen LogP contribution is 2.23. The van der Waals surface area contributed by atoms with E-state index in [0.717, 1.165) is 4.88 Å². The minimum Gasteiger partial charge on any atom is -0.332 e. The summed E-state index contributed by atoms with van der Waals surface area (Å²) in [6.07, 6.45) is 0. The van der Waals surface area contributed by atoms with Crippen LogP contribution in [0.4, 0.5) is 4.39 Å². The van der Waals surface area contributed by atoms with E-state index in [1.807, 2.05) is 19.1 Å². The molecule has 0 unspecified atom stereocenters. The topological polar surface area (TPSA) is 51.0 Å². The van der Waals surface area contributed by atoms with E-state index in [1.165, 1.54) is 28.2 Å². The summed E-state index contributed by atoms with van der Waals surface area (Å²) in [4.78, 5) is 15.5. The second-order valence-corrected chi connectivity index (χ2v) is 7.24. The van der Waals surface area contributed by atoms with E-state index in [2.05, 4.69) is 10.3 Å². The first-order valence-electron chi connectivity index (χ1n) is 7.71. The van der Waals surface area contributed by atoms with Crippen LogP contribution < -0.4 is 0 Å². The molecule has 3 aromatic rings. The fraction of sp³-hybridized carbons (Fsp3) is 0.235. The van der Waals surface area contributed by atoms with Crippen LogP contribution in [0.15, 0.2) is 36.4 Å². The summed E-state index contributed by atoms with van der Waals surface area (Å²) in [5.74, 6) is -0.525. The van der Waals surface area contributed by atoms with Crippen molar-refractivity contribution in [2.24, 2.45) is 0 Å². The van der Waals surface area contributed by atoms with Gasteiger partial charge in [-0.1, -0.05) is 16.8 Å². The Bertz CT molecular complexity index is 890. The van der Waals surface area contributed by atoms with Crippen LogP contribution >= 0.6 is 22.9 Å². The van der Waals surface area contributed by atoms with Crippen LogP contribution in [0.3, 0.4) is 0 Å². The molecule has 0 aliphatic carbocycles. The fourth-order valence-electron chi connectivity index (χ4n) is 2.46. The first-order valence-corrected chi connectivity index (χ1v) is 8.90. The Morgan fingerprint density at radius 1 is 1.28 bits per heavy atom. The van der Waals surface area contributed by atoms with Crippen molar-refractivity contribution in [3.05, 3.63) is 62.8 Å². The van der Waals surface area contributed by atoms with Crippen molar-refractivity contribution in [1.29, 1.82) is 0 Å². The highest BCUT2D eigenvalue weighted by molar-refractivity contribution is 7.16. The molecule has 1 aromatic carbocycles. The smallest absolute Gasteiger partial charge is 0.276 e. The molecule has 0 aliphatic rings. The van der Waals surface area contributed by atoms with Crippen LogP contribution in [0.25, 0.3) is 5.69 Å². The summed E-state index contributed by atoms with van der Waals surface area (Å²) in [7, 11) is 0. The van der Waals surface area contributed by atoms with Crippen LogP contribution in [-0.2, 0) is 6.54 Å². The predicted molar refractivity (Wildman–Crippen MR) is 95.8 cm³/mol. The third-order valence-corrected chi connectivity index (χ3v) is 5.03. The lowest BCUT2D eigenvalue weighted by Gasteiger charge is -2.19. The van der Waals surface area contributed by atoms with Gasteiger partial charge in [0.2, 0.25) is 0 Å². The molecular weight excluding hydrogens is 363 g/mol. The van der Waals surface area contributed by atoms with Gasteiger partial charge in [-0.25, -0.2) is 9.07 Å². The summed E-state index contributed by atoms with van der Waals surface area (Å²) in [6, 6.07) is 9.60. The maximum Gasteiger partial charge on any atom is 0.276 e. The van der Waals surface area contributed by atoms with Gasteiger partial charge in [-0.3, -0.25) is 4.79 Å². The largest absolute Gasteiger partial charge is 0.332 e. The quantitative estimate of drug-likeness (QED) is 0.671. The second-order valence-electron chi connectivity index (χ2n) is 5.44. The molecule has 0 N–H and O–H groups in total. The number of hydrogen-bond donors (Lipinski definition) is 0. The number of amides is 1. The van der Waals surface area contributed by atoms with E-state index >= 15 is 0 Å². The number of nitrogens with zero attached hydrogens (tertiary/aromatic N) is 4. The van der Waals surface area contributed by atoms with Crippen molar-refractivity contribution < 1.29 is 9.18 Å². The van der Waals surface area contributed by atoms with Crippen LogP contribution in [0.1, 0.15) is 28.0 Å². The average Bonchev–Trinajstić information content (AvgIpc) is 3.18. The molecule has 2 aromatic heterocycles. The Morgan fingerprint density at radius 3 is 2.60 bits per heavy atom. The van der Waals surface area contributed by atoms with Gasteiger partial charge < -0.3 is 4.90 Å².